The fourth-order valence-corrected chi connectivity index (χ4v) is 0.206. The predicted octanol–water partition coefficient (Wildman–Crippen LogP) is -1.22. The van der Waals surface area contributed by atoms with Crippen LogP contribution in [0.25, 0.3) is 0 Å². The van der Waals surface area contributed by atoms with Gasteiger partial charge in [0.15, 0.2) is 0 Å². The van der Waals surface area contributed by atoms with Gasteiger partial charge in [0.05, 0.1) is 6.10 Å². The summed E-state index contributed by atoms with van der Waals surface area (Å²) in [6.45, 7) is 1.33. The van der Waals surface area contributed by atoms with Crippen LogP contribution < -0.4 is 5.73 Å². The molecule has 0 fully saturated rings. The number of aliphatic hydroxyl groups is 1. The molecule has 0 aromatic rings. The smallest absolute Gasteiger partial charge is 0.323 e. The van der Waals surface area contributed by atoms with Crippen LogP contribution in [0.1, 0.15) is 6.92 Å². The molecule has 2 atom stereocenters. The van der Waals surface area contributed by atoms with Crippen molar-refractivity contribution in [3.63, 3.8) is 0 Å². The first-order chi connectivity index (χ1) is 3.55. The number of carboxylic acids is 1. The fraction of sp³-hybridized carbons (Fsp3) is 0.750. The normalized spacial score (nSPS) is 17.4. The molecule has 48 valence electrons. The largest absolute Gasteiger partial charge is 0.480 e. The van der Waals surface area contributed by atoms with E-state index in [2.05, 4.69) is 0 Å². The zero-order chi connectivity index (χ0) is 6.73. The SMILES string of the molecule is C[C@@H](O)[C@H](N)[13C](=O)O. The van der Waals surface area contributed by atoms with E-state index in [1.165, 1.54) is 6.92 Å². The number of carboxylic acid groups (broad SMARTS) is 1. The van der Waals surface area contributed by atoms with Crippen LogP contribution in [-0.4, -0.2) is 28.3 Å². The van der Waals surface area contributed by atoms with Gasteiger partial charge in [-0.2, -0.15) is 0 Å². The highest BCUT2D eigenvalue weighted by Crippen LogP contribution is 1.85. The molecule has 4 N–H and O–H groups in total. The van der Waals surface area contributed by atoms with E-state index < -0.39 is 18.1 Å². The van der Waals surface area contributed by atoms with Crippen molar-refractivity contribution in [3.8, 4) is 0 Å². The summed E-state index contributed by atoms with van der Waals surface area (Å²) in [6, 6.07) is -1.16. The van der Waals surface area contributed by atoms with Gasteiger partial charge in [-0.3, -0.25) is 4.79 Å². The van der Waals surface area contributed by atoms with E-state index in [4.69, 9.17) is 15.9 Å². The van der Waals surface area contributed by atoms with Crippen molar-refractivity contribution in [1.29, 1.82) is 0 Å². The minimum Gasteiger partial charge on any atom is -0.480 e. The molecule has 0 heterocycles. The van der Waals surface area contributed by atoms with Crippen LogP contribution >= 0.6 is 0 Å². The molecular formula is C4H9NO3. The second-order valence-corrected chi connectivity index (χ2v) is 1.60. The van der Waals surface area contributed by atoms with Crippen molar-refractivity contribution in [1.82, 2.24) is 0 Å². The number of aliphatic carboxylic acids is 1. The van der Waals surface area contributed by atoms with E-state index in [0.29, 0.717) is 0 Å². The van der Waals surface area contributed by atoms with Gasteiger partial charge in [0.25, 0.3) is 0 Å². The Kier molecular flexibility index (Phi) is 2.44. The van der Waals surface area contributed by atoms with Gasteiger partial charge >= 0.3 is 5.97 Å². The second-order valence-electron chi connectivity index (χ2n) is 1.60. The lowest BCUT2D eigenvalue weighted by Crippen LogP contribution is -2.39. The molecule has 0 aliphatic carbocycles. The molecule has 0 aliphatic rings. The lowest BCUT2D eigenvalue weighted by Gasteiger charge is -2.06. The van der Waals surface area contributed by atoms with Crippen LogP contribution in [0.4, 0.5) is 0 Å². The van der Waals surface area contributed by atoms with Crippen LogP contribution in [0.15, 0.2) is 0 Å². The van der Waals surface area contributed by atoms with Crippen LogP contribution in [0, 0.1) is 0 Å². The summed E-state index contributed by atoms with van der Waals surface area (Å²) < 4.78 is 0. The zero-order valence-corrected chi connectivity index (χ0v) is 4.53. The molecule has 0 saturated heterocycles. The molecule has 4 heteroatoms. The average Bonchev–Trinajstić information content (AvgIpc) is 1.64. The van der Waals surface area contributed by atoms with E-state index in [-0.39, 0.29) is 0 Å². The van der Waals surface area contributed by atoms with Crippen molar-refractivity contribution in [2.75, 3.05) is 0 Å². The Labute approximate surface area is 46.9 Å². The van der Waals surface area contributed by atoms with E-state index in [0.717, 1.165) is 0 Å². The maximum atomic E-state index is 9.86. The van der Waals surface area contributed by atoms with Crippen molar-refractivity contribution >= 4 is 5.97 Å². The quantitative estimate of drug-likeness (QED) is 0.399. The Balaban J connectivity index is 3.64. The number of hydrogen-bond donors (Lipinski definition) is 3. The second kappa shape index (κ2) is 2.64. The van der Waals surface area contributed by atoms with Crippen LogP contribution in [0.5, 0.6) is 0 Å². The van der Waals surface area contributed by atoms with Gasteiger partial charge < -0.3 is 15.9 Å². The minimum absolute atomic E-state index is 0.979. The highest BCUT2D eigenvalue weighted by molar-refractivity contribution is 5.73. The summed E-state index contributed by atoms with van der Waals surface area (Å²) in [4.78, 5) is 9.86. The summed E-state index contributed by atoms with van der Waals surface area (Å²) in [5, 5.41) is 16.6. The third-order valence-corrected chi connectivity index (χ3v) is 0.805. The molecule has 0 aromatic carbocycles. The van der Waals surface area contributed by atoms with Gasteiger partial charge in [0, 0.05) is 0 Å². The average molecular weight is 120 g/mol. The van der Waals surface area contributed by atoms with Crippen molar-refractivity contribution in [2.45, 2.75) is 19.1 Å². The van der Waals surface area contributed by atoms with E-state index in [9.17, 15) is 4.79 Å². The van der Waals surface area contributed by atoms with Crippen LogP contribution in [0.2, 0.25) is 0 Å². The number of nitrogens with two attached hydrogens (primary N) is 1. The van der Waals surface area contributed by atoms with Gasteiger partial charge in [0.2, 0.25) is 0 Å². The Hall–Kier alpha value is -0.610. The first-order valence-corrected chi connectivity index (χ1v) is 2.22. The maximum absolute atomic E-state index is 9.86. The van der Waals surface area contributed by atoms with Gasteiger partial charge in [-0.05, 0) is 6.92 Å². The molecule has 8 heavy (non-hydrogen) atoms. The van der Waals surface area contributed by atoms with Gasteiger partial charge in [-0.1, -0.05) is 0 Å². The van der Waals surface area contributed by atoms with Crippen molar-refractivity contribution in [3.05, 3.63) is 0 Å². The Morgan fingerprint density at radius 3 is 2.12 bits per heavy atom. The molecular weight excluding hydrogens is 111 g/mol. The summed E-state index contributed by atoms with van der Waals surface area (Å²) in [5.74, 6) is -1.18. The number of rotatable bonds is 2. The Morgan fingerprint density at radius 1 is 1.75 bits per heavy atom. The molecule has 0 spiro atoms. The highest BCUT2D eigenvalue weighted by atomic mass is 16.5. The summed E-state index contributed by atoms with van der Waals surface area (Å²) in [7, 11) is 0. The number of aliphatic hydroxyl groups excluding tert-OH is 1. The molecule has 0 amide bonds. The Morgan fingerprint density at radius 2 is 2.12 bits per heavy atom. The molecule has 0 unspecified atom stereocenters. The molecule has 0 aliphatic heterocycles. The van der Waals surface area contributed by atoms with Gasteiger partial charge in [-0.15, -0.1) is 0 Å². The number of hydrogen-bond acceptors (Lipinski definition) is 3. The molecule has 0 radical (unpaired) electrons. The lowest BCUT2D eigenvalue weighted by atomic mass is 10.3. The van der Waals surface area contributed by atoms with Gasteiger partial charge in [0.1, 0.15) is 6.04 Å². The van der Waals surface area contributed by atoms with E-state index in [1.807, 2.05) is 0 Å². The Bertz CT molecular complexity index is 91.3. The first kappa shape index (κ1) is 7.39. The fourth-order valence-electron chi connectivity index (χ4n) is 0.206. The van der Waals surface area contributed by atoms with Crippen molar-refractivity contribution in [2.24, 2.45) is 5.73 Å². The highest BCUT2D eigenvalue weighted by Gasteiger charge is 2.16. The molecule has 0 bridgehead atoms. The third kappa shape index (κ3) is 1.90. The van der Waals surface area contributed by atoms with Crippen LogP contribution in [-0.2, 0) is 4.79 Å². The summed E-state index contributed by atoms with van der Waals surface area (Å²) in [5.41, 5.74) is 4.91. The summed E-state index contributed by atoms with van der Waals surface area (Å²) in [6.07, 6.45) is -0.979. The summed E-state index contributed by atoms with van der Waals surface area (Å²) >= 11 is 0. The minimum atomic E-state index is -1.18. The van der Waals surface area contributed by atoms with E-state index >= 15 is 0 Å². The zero-order valence-electron chi connectivity index (χ0n) is 4.53. The molecule has 0 aromatic heterocycles. The molecule has 4 nitrogen and oxygen atoms in total. The monoisotopic (exact) mass is 120 g/mol. The lowest BCUT2D eigenvalue weighted by molar-refractivity contribution is -0.140. The van der Waals surface area contributed by atoms with Crippen LogP contribution in [0.3, 0.4) is 0 Å². The predicted molar refractivity (Wildman–Crippen MR) is 27.3 cm³/mol. The molecule has 0 saturated carbocycles. The van der Waals surface area contributed by atoms with E-state index in [1.54, 1.807) is 0 Å². The number of carbonyl (C=O) groups is 1. The maximum Gasteiger partial charge on any atom is 0.323 e. The van der Waals surface area contributed by atoms with Crippen molar-refractivity contribution < 1.29 is 15.0 Å². The topological polar surface area (TPSA) is 83.5 Å². The standard InChI is InChI=1S/C4H9NO3/c1-2(6)3(5)4(7)8/h2-3,6H,5H2,1H3,(H,7,8)/t2-,3+/m1/s1/i4+1. The molecule has 0 rings (SSSR count). The van der Waals surface area contributed by atoms with Gasteiger partial charge in [-0.25, -0.2) is 0 Å². The first-order valence-electron chi connectivity index (χ1n) is 2.22. The third-order valence-electron chi connectivity index (χ3n) is 0.805.